The summed E-state index contributed by atoms with van der Waals surface area (Å²) >= 11 is 0. The lowest BCUT2D eigenvalue weighted by Gasteiger charge is -2.19. The predicted molar refractivity (Wildman–Crippen MR) is 92.6 cm³/mol. The van der Waals surface area contributed by atoms with Crippen molar-refractivity contribution >= 4 is 0 Å². The van der Waals surface area contributed by atoms with Crippen LogP contribution in [-0.2, 0) is 10.2 Å². The van der Waals surface area contributed by atoms with E-state index in [4.69, 9.17) is 9.47 Å². The molecule has 2 nitrogen and oxygen atoms in total. The van der Waals surface area contributed by atoms with E-state index in [0.29, 0.717) is 13.2 Å². The van der Waals surface area contributed by atoms with E-state index in [1.165, 1.54) is 16.7 Å². The van der Waals surface area contributed by atoms with Gasteiger partial charge in [-0.25, -0.2) is 0 Å². The largest absolute Gasteiger partial charge is 0.491 e. The molecule has 2 aromatic carbocycles. The Morgan fingerprint density at radius 2 is 1.32 bits per heavy atom. The summed E-state index contributed by atoms with van der Waals surface area (Å²) in [6.45, 7) is 10.6. The minimum Gasteiger partial charge on any atom is -0.491 e. The molecule has 2 aromatic rings. The Bertz CT molecular complexity index is 562. The highest BCUT2D eigenvalue weighted by Gasteiger charge is 2.12. The predicted octanol–water partition coefficient (Wildman–Crippen LogP) is 5.07. The highest BCUT2D eigenvalue weighted by atomic mass is 16.5. The molecule has 0 aliphatic rings. The van der Waals surface area contributed by atoms with Crippen LogP contribution in [0.5, 0.6) is 5.75 Å². The van der Waals surface area contributed by atoms with Crippen molar-refractivity contribution in [3.63, 3.8) is 0 Å². The van der Waals surface area contributed by atoms with Gasteiger partial charge in [-0.1, -0.05) is 57.2 Å². The summed E-state index contributed by atoms with van der Waals surface area (Å²) in [5, 5.41) is 0. The molecule has 0 atom stereocenters. The number of hydrogen-bond acceptors (Lipinski definition) is 2. The van der Waals surface area contributed by atoms with Gasteiger partial charge < -0.3 is 9.47 Å². The fourth-order valence-corrected chi connectivity index (χ4v) is 2.27. The Hall–Kier alpha value is -1.80. The van der Waals surface area contributed by atoms with Crippen molar-refractivity contribution in [1.29, 1.82) is 0 Å². The highest BCUT2D eigenvalue weighted by molar-refractivity contribution is 5.64. The van der Waals surface area contributed by atoms with Crippen molar-refractivity contribution in [3.8, 4) is 16.9 Å². The normalized spacial score (nSPS) is 11.5. The Labute approximate surface area is 134 Å². The SMILES string of the molecule is CCOCCOc1ccc(-c2ccc(C(C)(C)C)cc2)cc1. The molecule has 0 amide bonds. The quantitative estimate of drug-likeness (QED) is 0.693. The van der Waals surface area contributed by atoms with Gasteiger partial charge in [0.05, 0.1) is 6.61 Å². The second kappa shape index (κ2) is 7.46. The van der Waals surface area contributed by atoms with Crippen molar-refractivity contribution in [2.24, 2.45) is 0 Å². The van der Waals surface area contributed by atoms with E-state index >= 15 is 0 Å². The molecule has 0 heterocycles. The van der Waals surface area contributed by atoms with Crippen LogP contribution in [0.2, 0.25) is 0 Å². The van der Waals surface area contributed by atoms with Gasteiger partial charge in [0.2, 0.25) is 0 Å². The third kappa shape index (κ3) is 4.60. The summed E-state index contributed by atoms with van der Waals surface area (Å²) in [4.78, 5) is 0. The maximum atomic E-state index is 5.64. The minimum absolute atomic E-state index is 0.191. The third-order valence-electron chi connectivity index (χ3n) is 3.64. The lowest BCUT2D eigenvalue weighted by molar-refractivity contribution is 0.110. The van der Waals surface area contributed by atoms with Crippen LogP contribution < -0.4 is 4.74 Å². The van der Waals surface area contributed by atoms with Crippen LogP contribution in [0, 0.1) is 0 Å². The molecule has 0 fully saturated rings. The Balaban J connectivity index is 2.01. The van der Waals surface area contributed by atoms with Gasteiger partial charge in [-0.3, -0.25) is 0 Å². The van der Waals surface area contributed by atoms with E-state index in [1.807, 2.05) is 19.1 Å². The molecule has 2 rings (SSSR count). The van der Waals surface area contributed by atoms with Crippen LogP contribution in [0.15, 0.2) is 48.5 Å². The van der Waals surface area contributed by atoms with Crippen LogP contribution in [0.3, 0.4) is 0 Å². The van der Waals surface area contributed by atoms with Crippen LogP contribution in [-0.4, -0.2) is 19.8 Å². The molecular weight excluding hydrogens is 272 g/mol. The average molecular weight is 298 g/mol. The van der Waals surface area contributed by atoms with Crippen LogP contribution in [0.1, 0.15) is 33.3 Å². The van der Waals surface area contributed by atoms with Gasteiger partial charge in [-0.2, -0.15) is 0 Å². The first kappa shape index (κ1) is 16.6. The molecule has 0 saturated carbocycles. The number of rotatable bonds is 6. The van der Waals surface area contributed by atoms with Gasteiger partial charge in [-0.15, -0.1) is 0 Å². The molecule has 0 radical (unpaired) electrons. The van der Waals surface area contributed by atoms with Crippen LogP contribution in [0.4, 0.5) is 0 Å². The first-order valence-electron chi connectivity index (χ1n) is 7.92. The van der Waals surface area contributed by atoms with Gasteiger partial charge >= 0.3 is 0 Å². The molecule has 22 heavy (non-hydrogen) atoms. The fraction of sp³-hybridized carbons (Fsp3) is 0.400. The Kier molecular flexibility index (Phi) is 5.62. The molecule has 0 saturated heterocycles. The summed E-state index contributed by atoms with van der Waals surface area (Å²) in [5.41, 5.74) is 3.98. The van der Waals surface area contributed by atoms with Crippen molar-refractivity contribution in [2.75, 3.05) is 19.8 Å². The van der Waals surface area contributed by atoms with Crippen LogP contribution in [0.25, 0.3) is 11.1 Å². The van der Waals surface area contributed by atoms with Crippen molar-refractivity contribution in [2.45, 2.75) is 33.1 Å². The second-order valence-corrected chi connectivity index (χ2v) is 6.40. The van der Waals surface area contributed by atoms with Gasteiger partial charge in [-0.05, 0) is 41.2 Å². The third-order valence-corrected chi connectivity index (χ3v) is 3.64. The molecule has 118 valence electrons. The van der Waals surface area contributed by atoms with E-state index in [0.717, 1.165) is 12.4 Å². The topological polar surface area (TPSA) is 18.5 Å². The van der Waals surface area contributed by atoms with E-state index in [9.17, 15) is 0 Å². The maximum Gasteiger partial charge on any atom is 0.119 e. The molecule has 0 bridgehead atoms. The molecule has 0 unspecified atom stereocenters. The van der Waals surface area contributed by atoms with Crippen molar-refractivity contribution in [3.05, 3.63) is 54.1 Å². The first-order valence-corrected chi connectivity index (χ1v) is 7.92. The first-order chi connectivity index (χ1) is 10.5. The number of hydrogen-bond donors (Lipinski definition) is 0. The molecule has 0 aliphatic heterocycles. The summed E-state index contributed by atoms with van der Waals surface area (Å²) in [7, 11) is 0. The summed E-state index contributed by atoms with van der Waals surface area (Å²) in [6.07, 6.45) is 0. The van der Waals surface area contributed by atoms with Crippen molar-refractivity contribution < 1.29 is 9.47 Å². The van der Waals surface area contributed by atoms with Gasteiger partial charge in [0.1, 0.15) is 12.4 Å². The average Bonchev–Trinajstić information content (AvgIpc) is 2.51. The number of ether oxygens (including phenoxy) is 2. The van der Waals surface area contributed by atoms with E-state index in [1.54, 1.807) is 0 Å². The van der Waals surface area contributed by atoms with E-state index in [-0.39, 0.29) is 5.41 Å². The summed E-state index contributed by atoms with van der Waals surface area (Å²) in [6, 6.07) is 17.0. The van der Waals surface area contributed by atoms with E-state index < -0.39 is 0 Å². The maximum absolute atomic E-state index is 5.64. The van der Waals surface area contributed by atoms with Gasteiger partial charge in [0, 0.05) is 6.61 Å². The van der Waals surface area contributed by atoms with E-state index in [2.05, 4.69) is 57.2 Å². The highest BCUT2D eigenvalue weighted by Crippen LogP contribution is 2.27. The zero-order chi connectivity index (χ0) is 16.0. The Morgan fingerprint density at radius 1 is 0.773 bits per heavy atom. The molecule has 0 N–H and O–H groups in total. The monoisotopic (exact) mass is 298 g/mol. The fourth-order valence-electron chi connectivity index (χ4n) is 2.27. The van der Waals surface area contributed by atoms with Gasteiger partial charge in [0.25, 0.3) is 0 Å². The molecule has 0 aliphatic carbocycles. The number of benzene rings is 2. The molecule has 0 aromatic heterocycles. The standard InChI is InChI=1S/C20H26O2/c1-5-21-14-15-22-19-12-8-17(9-13-19)16-6-10-18(11-7-16)20(2,3)4/h6-13H,5,14-15H2,1-4H3. The zero-order valence-corrected chi connectivity index (χ0v) is 14.1. The Morgan fingerprint density at radius 3 is 1.82 bits per heavy atom. The van der Waals surface area contributed by atoms with Gasteiger partial charge in [0.15, 0.2) is 0 Å². The smallest absolute Gasteiger partial charge is 0.119 e. The second-order valence-electron chi connectivity index (χ2n) is 6.40. The summed E-state index contributed by atoms with van der Waals surface area (Å²) < 4.78 is 10.9. The molecule has 0 spiro atoms. The molecule has 2 heteroatoms. The lowest BCUT2D eigenvalue weighted by Crippen LogP contribution is -2.10. The van der Waals surface area contributed by atoms with Crippen LogP contribution >= 0.6 is 0 Å². The minimum atomic E-state index is 0.191. The van der Waals surface area contributed by atoms with Crippen molar-refractivity contribution in [1.82, 2.24) is 0 Å². The summed E-state index contributed by atoms with van der Waals surface area (Å²) in [5.74, 6) is 0.884. The zero-order valence-electron chi connectivity index (χ0n) is 14.1. The lowest BCUT2D eigenvalue weighted by atomic mass is 9.86. The molecular formula is C20H26O2.